The maximum atomic E-state index is 13.2. The first-order valence-corrected chi connectivity index (χ1v) is 13.5. The first-order valence-electron chi connectivity index (χ1n) is 13.5. The maximum Gasteiger partial charge on any atom is 0.412 e. The van der Waals surface area contributed by atoms with Gasteiger partial charge in [0.25, 0.3) is 0 Å². The van der Waals surface area contributed by atoms with Crippen LogP contribution in [-0.4, -0.2) is 61.1 Å². The summed E-state index contributed by atoms with van der Waals surface area (Å²) >= 11 is 0. The number of fused-ring (bicyclic) bond motifs is 4. The van der Waals surface area contributed by atoms with Crippen LogP contribution in [0.25, 0.3) is 22.0 Å². The summed E-state index contributed by atoms with van der Waals surface area (Å²) in [5.41, 5.74) is 5.09. The van der Waals surface area contributed by atoms with Crippen LogP contribution in [0.4, 0.5) is 16.6 Å². The number of carbonyl (C=O) groups is 2. The van der Waals surface area contributed by atoms with Gasteiger partial charge >= 0.3 is 12.1 Å². The van der Waals surface area contributed by atoms with Crippen molar-refractivity contribution in [2.24, 2.45) is 5.92 Å². The molecule has 1 fully saturated rings. The monoisotopic (exact) mass is 554 g/mol. The summed E-state index contributed by atoms with van der Waals surface area (Å²) < 4.78 is 16.7. The smallest absolute Gasteiger partial charge is 0.412 e. The lowest BCUT2D eigenvalue weighted by Crippen LogP contribution is -2.37. The van der Waals surface area contributed by atoms with Gasteiger partial charge in [0.2, 0.25) is 5.95 Å². The summed E-state index contributed by atoms with van der Waals surface area (Å²) in [6.45, 7) is 1.13. The number of ether oxygens (including phenoxy) is 3. The first-order chi connectivity index (χ1) is 20.0. The molecule has 0 bridgehead atoms. The number of rotatable bonds is 7. The van der Waals surface area contributed by atoms with Crippen LogP contribution in [0.2, 0.25) is 0 Å². The average molecular weight is 555 g/mol. The van der Waals surface area contributed by atoms with Gasteiger partial charge in [-0.05, 0) is 41.2 Å². The minimum atomic E-state index is -0.793. The number of amides is 1. The number of nitrogens with zero attached hydrogens (tertiary/aromatic N) is 3. The van der Waals surface area contributed by atoms with Crippen molar-refractivity contribution < 1.29 is 28.9 Å². The second-order valence-electron chi connectivity index (χ2n) is 10.1. The molecule has 1 aliphatic heterocycles. The molecule has 0 spiro atoms. The van der Waals surface area contributed by atoms with Crippen molar-refractivity contribution in [1.29, 1.82) is 0 Å². The van der Waals surface area contributed by atoms with Crippen LogP contribution in [0, 0.1) is 5.92 Å². The largest absolute Gasteiger partial charge is 0.493 e. The van der Waals surface area contributed by atoms with Gasteiger partial charge in [0, 0.05) is 30.5 Å². The number of hydrogen-bond acceptors (Lipinski definition) is 8. The molecule has 0 saturated carbocycles. The van der Waals surface area contributed by atoms with Gasteiger partial charge in [-0.15, -0.1) is 0 Å². The molecular formula is C31H30N4O6. The Hall–Kier alpha value is -4.86. The van der Waals surface area contributed by atoms with Crippen molar-refractivity contribution in [2.75, 3.05) is 44.1 Å². The van der Waals surface area contributed by atoms with Crippen molar-refractivity contribution in [3.8, 4) is 22.6 Å². The number of aromatic nitrogens is 2. The molecular weight excluding hydrogens is 524 g/mol. The number of methoxy groups -OCH3 is 2. The SMILES string of the molecule is COc1cc2nc(N3CCC(C(=O)O)CC3)nc(NC(=O)OCC3c4ccccc4-c4ccccc43)c2cc1OC. The molecule has 1 aromatic heterocycles. The Bertz CT molecular complexity index is 1590. The number of benzene rings is 3. The van der Waals surface area contributed by atoms with Crippen LogP contribution in [0.5, 0.6) is 11.5 Å². The Morgan fingerprint density at radius 1 is 0.927 bits per heavy atom. The van der Waals surface area contributed by atoms with E-state index in [0.29, 0.717) is 54.3 Å². The summed E-state index contributed by atoms with van der Waals surface area (Å²) in [4.78, 5) is 36.0. The van der Waals surface area contributed by atoms with Crippen molar-refractivity contribution in [2.45, 2.75) is 18.8 Å². The third kappa shape index (κ3) is 4.97. The fourth-order valence-electron chi connectivity index (χ4n) is 5.74. The van der Waals surface area contributed by atoms with E-state index in [-0.39, 0.29) is 18.3 Å². The van der Waals surface area contributed by atoms with Crippen molar-refractivity contribution in [1.82, 2.24) is 9.97 Å². The quantitative estimate of drug-likeness (QED) is 0.313. The number of aliphatic carboxylic acids is 1. The molecule has 4 aromatic rings. The maximum absolute atomic E-state index is 13.2. The zero-order valence-corrected chi connectivity index (χ0v) is 22.8. The molecule has 0 radical (unpaired) electrons. The van der Waals surface area contributed by atoms with Crippen LogP contribution in [-0.2, 0) is 9.53 Å². The third-order valence-corrected chi connectivity index (χ3v) is 7.88. The van der Waals surface area contributed by atoms with Crippen molar-refractivity contribution in [3.05, 3.63) is 71.8 Å². The lowest BCUT2D eigenvalue weighted by atomic mass is 9.97. The number of hydrogen-bond donors (Lipinski definition) is 2. The molecule has 2 N–H and O–H groups in total. The Kier molecular flexibility index (Phi) is 7.05. The third-order valence-electron chi connectivity index (χ3n) is 7.88. The Morgan fingerprint density at radius 3 is 2.15 bits per heavy atom. The zero-order chi connectivity index (χ0) is 28.5. The fraction of sp³-hybridized carbons (Fsp3) is 0.290. The number of carboxylic acids is 1. The lowest BCUT2D eigenvalue weighted by Gasteiger charge is -2.30. The minimum Gasteiger partial charge on any atom is -0.493 e. The highest BCUT2D eigenvalue weighted by atomic mass is 16.5. The average Bonchev–Trinajstić information content (AvgIpc) is 3.32. The van der Waals surface area contributed by atoms with Gasteiger partial charge in [-0.25, -0.2) is 9.78 Å². The van der Waals surface area contributed by atoms with Crippen LogP contribution >= 0.6 is 0 Å². The number of carbonyl (C=O) groups excluding carboxylic acids is 1. The van der Waals surface area contributed by atoms with Gasteiger partial charge in [0.05, 0.1) is 25.7 Å². The van der Waals surface area contributed by atoms with Gasteiger partial charge in [-0.3, -0.25) is 10.1 Å². The van der Waals surface area contributed by atoms with Gasteiger partial charge in [-0.1, -0.05) is 48.5 Å². The Labute approximate surface area is 236 Å². The molecule has 41 heavy (non-hydrogen) atoms. The molecule has 2 heterocycles. The number of nitrogens with one attached hydrogen (secondary N) is 1. The zero-order valence-electron chi connectivity index (χ0n) is 22.8. The highest BCUT2D eigenvalue weighted by Crippen LogP contribution is 2.44. The summed E-state index contributed by atoms with van der Waals surface area (Å²) in [6, 6.07) is 19.8. The molecule has 210 valence electrons. The van der Waals surface area contributed by atoms with E-state index in [1.807, 2.05) is 29.2 Å². The minimum absolute atomic E-state index is 0.0780. The standard InChI is InChI=1S/C31H30N4O6/c1-39-26-15-23-25(16-27(26)40-2)32-30(35-13-11-18(12-14-35)29(36)37)33-28(23)34-31(38)41-17-24-21-9-5-3-7-19(21)20-8-4-6-10-22(20)24/h3-10,15-16,18,24H,11-14,17H2,1-2H3,(H,36,37)(H,32,33,34,38). The summed E-state index contributed by atoms with van der Waals surface area (Å²) in [6.07, 6.45) is 0.326. The molecule has 10 heteroatoms. The van der Waals surface area contributed by atoms with Gasteiger partial charge < -0.3 is 24.2 Å². The first kappa shape index (κ1) is 26.4. The van der Waals surface area contributed by atoms with E-state index in [9.17, 15) is 14.7 Å². The van der Waals surface area contributed by atoms with Crippen LogP contribution in [0.15, 0.2) is 60.7 Å². The second-order valence-corrected chi connectivity index (χ2v) is 10.1. The Balaban J connectivity index is 1.27. The van der Waals surface area contributed by atoms with E-state index in [0.717, 1.165) is 22.3 Å². The van der Waals surface area contributed by atoms with E-state index in [1.165, 1.54) is 14.2 Å². The van der Waals surface area contributed by atoms with Crippen molar-refractivity contribution in [3.63, 3.8) is 0 Å². The molecule has 0 atom stereocenters. The molecule has 3 aromatic carbocycles. The molecule has 6 rings (SSSR count). The van der Waals surface area contributed by atoms with Crippen LogP contribution in [0.3, 0.4) is 0 Å². The second kappa shape index (κ2) is 11.0. The lowest BCUT2D eigenvalue weighted by molar-refractivity contribution is -0.142. The van der Waals surface area contributed by atoms with Gasteiger partial charge in [-0.2, -0.15) is 4.98 Å². The van der Waals surface area contributed by atoms with E-state index < -0.39 is 18.0 Å². The Morgan fingerprint density at radius 2 is 1.54 bits per heavy atom. The summed E-state index contributed by atoms with van der Waals surface area (Å²) in [5, 5.41) is 12.8. The van der Waals surface area contributed by atoms with Gasteiger partial charge in [0.15, 0.2) is 11.5 Å². The predicted octanol–water partition coefficient (Wildman–Crippen LogP) is 5.31. The highest BCUT2D eigenvalue weighted by Gasteiger charge is 2.30. The molecule has 1 amide bonds. The van der Waals surface area contributed by atoms with E-state index in [2.05, 4.69) is 34.6 Å². The number of anilines is 2. The molecule has 1 aliphatic carbocycles. The number of carboxylic acid groups (broad SMARTS) is 1. The highest BCUT2D eigenvalue weighted by molar-refractivity contribution is 5.99. The van der Waals surface area contributed by atoms with Gasteiger partial charge in [0.1, 0.15) is 12.4 Å². The van der Waals surface area contributed by atoms with E-state index in [1.54, 1.807) is 12.1 Å². The van der Waals surface area contributed by atoms with E-state index >= 15 is 0 Å². The van der Waals surface area contributed by atoms with Crippen LogP contribution in [0.1, 0.15) is 29.9 Å². The molecule has 2 aliphatic rings. The van der Waals surface area contributed by atoms with Crippen molar-refractivity contribution >= 4 is 34.7 Å². The summed E-state index contributed by atoms with van der Waals surface area (Å²) in [5.74, 6) is 0.348. The predicted molar refractivity (Wildman–Crippen MR) is 154 cm³/mol. The topological polar surface area (TPSA) is 123 Å². The van der Waals surface area contributed by atoms with Crippen LogP contribution < -0.4 is 19.7 Å². The van der Waals surface area contributed by atoms with E-state index in [4.69, 9.17) is 19.2 Å². The molecule has 10 nitrogen and oxygen atoms in total. The molecule has 1 saturated heterocycles. The summed E-state index contributed by atoms with van der Waals surface area (Å²) in [7, 11) is 3.07. The fourth-order valence-corrected chi connectivity index (χ4v) is 5.74. The number of piperidine rings is 1. The molecule has 0 unspecified atom stereocenters. The normalized spacial score (nSPS) is 14.8.